The average molecular weight is 498 g/mol. The molecular weight excluding hydrogens is 463 g/mol. The van der Waals surface area contributed by atoms with Gasteiger partial charge in [0.2, 0.25) is 0 Å². The minimum atomic E-state index is 0. The topological polar surface area (TPSA) is 47.9 Å². The van der Waals surface area contributed by atoms with E-state index >= 15 is 0 Å². The first kappa shape index (κ1) is 23.0. The van der Waals surface area contributed by atoms with E-state index in [-0.39, 0.29) is 29.9 Å². The second-order valence-corrected chi connectivity index (χ2v) is 8.36. The molecule has 0 unspecified atom stereocenters. The van der Waals surface area contributed by atoms with Crippen LogP contribution in [0.2, 0.25) is 0 Å². The number of carbonyl (C=O) groups excluding carboxylic acids is 1. The molecule has 156 valence electrons. The Morgan fingerprint density at radius 2 is 1.96 bits per heavy atom. The molecule has 0 atom stereocenters. The van der Waals surface area contributed by atoms with Crippen LogP contribution in [0.5, 0.6) is 0 Å². The van der Waals surface area contributed by atoms with Crippen molar-refractivity contribution in [3.8, 4) is 0 Å². The Morgan fingerprint density at radius 3 is 2.64 bits per heavy atom. The van der Waals surface area contributed by atoms with Crippen molar-refractivity contribution in [1.29, 1.82) is 0 Å². The Labute approximate surface area is 187 Å². The highest BCUT2D eigenvalue weighted by Gasteiger charge is 2.39. The summed E-state index contributed by atoms with van der Waals surface area (Å²) in [5.41, 5.74) is 2.47. The van der Waals surface area contributed by atoms with Gasteiger partial charge in [-0.3, -0.25) is 9.79 Å². The second kappa shape index (κ2) is 10.5. The number of rotatable bonds is 4. The zero-order valence-electron chi connectivity index (χ0n) is 17.5. The molecule has 28 heavy (non-hydrogen) atoms. The van der Waals surface area contributed by atoms with E-state index in [1.807, 2.05) is 25.2 Å². The molecule has 0 aromatic heterocycles. The molecule has 2 aliphatic rings. The van der Waals surface area contributed by atoms with Gasteiger partial charge in [-0.25, -0.2) is 0 Å². The molecule has 0 radical (unpaired) electrons. The maximum absolute atomic E-state index is 12.1. The lowest BCUT2D eigenvalue weighted by atomic mass is 9.73. The summed E-state index contributed by atoms with van der Waals surface area (Å²) in [4.78, 5) is 20.7. The molecule has 2 fully saturated rings. The zero-order chi connectivity index (χ0) is 19.3. The molecule has 1 aliphatic carbocycles. The lowest BCUT2D eigenvalue weighted by molar-refractivity contribution is 0.0827. The van der Waals surface area contributed by atoms with Crippen LogP contribution < -0.4 is 5.32 Å². The van der Waals surface area contributed by atoms with Crippen molar-refractivity contribution in [3.63, 3.8) is 0 Å². The Morgan fingerprint density at radius 1 is 1.21 bits per heavy atom. The van der Waals surface area contributed by atoms with Crippen LogP contribution >= 0.6 is 24.0 Å². The van der Waals surface area contributed by atoms with E-state index in [4.69, 9.17) is 0 Å². The fraction of sp³-hybridized carbons (Fsp3) is 0.636. The molecule has 1 aromatic rings. The number of guanidine groups is 1. The number of hydrogen-bond acceptors (Lipinski definition) is 2. The van der Waals surface area contributed by atoms with Crippen LogP contribution in [-0.2, 0) is 6.42 Å². The summed E-state index contributed by atoms with van der Waals surface area (Å²) < 4.78 is 0. The van der Waals surface area contributed by atoms with Gasteiger partial charge < -0.3 is 15.1 Å². The van der Waals surface area contributed by atoms with Crippen LogP contribution in [0.3, 0.4) is 0 Å². The van der Waals surface area contributed by atoms with Crippen LogP contribution in [0.1, 0.15) is 54.4 Å². The van der Waals surface area contributed by atoms with Gasteiger partial charge in [0.25, 0.3) is 5.91 Å². The van der Waals surface area contributed by atoms with Crippen LogP contribution in [0.15, 0.2) is 29.3 Å². The first-order chi connectivity index (χ1) is 13.0. The van der Waals surface area contributed by atoms with Gasteiger partial charge in [-0.05, 0) is 48.8 Å². The van der Waals surface area contributed by atoms with E-state index in [0.29, 0.717) is 5.41 Å². The highest BCUT2D eigenvalue weighted by molar-refractivity contribution is 14.0. The molecule has 1 aromatic carbocycles. The van der Waals surface area contributed by atoms with Crippen LogP contribution in [0.4, 0.5) is 0 Å². The van der Waals surface area contributed by atoms with Crippen molar-refractivity contribution in [3.05, 3.63) is 35.4 Å². The van der Waals surface area contributed by atoms with Gasteiger partial charge in [-0.15, -0.1) is 24.0 Å². The van der Waals surface area contributed by atoms with E-state index in [1.54, 1.807) is 19.0 Å². The first-order valence-electron chi connectivity index (χ1n) is 10.3. The summed E-state index contributed by atoms with van der Waals surface area (Å²) in [6.45, 7) is 3.10. The molecule has 1 saturated carbocycles. The lowest BCUT2D eigenvalue weighted by Crippen LogP contribution is -2.42. The number of carbonyl (C=O) groups is 1. The highest BCUT2D eigenvalue weighted by Crippen LogP contribution is 2.43. The minimum absolute atomic E-state index is 0. The third-order valence-electron chi connectivity index (χ3n) is 6.14. The Hall–Kier alpha value is -1.31. The van der Waals surface area contributed by atoms with E-state index in [1.165, 1.54) is 44.1 Å². The first-order valence-corrected chi connectivity index (χ1v) is 10.3. The standard InChI is InChI=1S/C22H34N4O.HI/c1-23-21(26-15-13-22(17-26)11-5-4-6-12-22)24-14-10-18-8-7-9-19(16-18)20(27)25(2)3;/h7-9,16H,4-6,10-15,17H2,1-3H3,(H,23,24);1H. The van der Waals surface area contributed by atoms with E-state index in [9.17, 15) is 4.79 Å². The summed E-state index contributed by atoms with van der Waals surface area (Å²) >= 11 is 0. The van der Waals surface area contributed by atoms with Gasteiger partial charge in [-0.1, -0.05) is 31.4 Å². The molecule has 5 nitrogen and oxygen atoms in total. The predicted molar refractivity (Wildman–Crippen MR) is 127 cm³/mol. The van der Waals surface area contributed by atoms with Crippen molar-refractivity contribution < 1.29 is 4.79 Å². The average Bonchev–Trinajstić information content (AvgIpc) is 3.08. The number of nitrogens with one attached hydrogen (secondary N) is 1. The summed E-state index contributed by atoms with van der Waals surface area (Å²) in [5, 5.41) is 3.53. The molecule has 3 rings (SSSR count). The highest BCUT2D eigenvalue weighted by atomic mass is 127. The van der Waals surface area contributed by atoms with E-state index in [2.05, 4.69) is 21.3 Å². The maximum Gasteiger partial charge on any atom is 0.253 e. The monoisotopic (exact) mass is 498 g/mol. The van der Waals surface area contributed by atoms with Gasteiger partial charge in [0.05, 0.1) is 0 Å². The summed E-state index contributed by atoms with van der Waals surface area (Å²) in [6.07, 6.45) is 9.14. The van der Waals surface area contributed by atoms with Gasteiger partial charge in [0, 0.05) is 46.3 Å². The normalized spacial score (nSPS) is 18.7. The van der Waals surface area contributed by atoms with Crippen LogP contribution in [0, 0.1) is 5.41 Å². The number of benzene rings is 1. The summed E-state index contributed by atoms with van der Waals surface area (Å²) in [5.74, 6) is 1.08. The van der Waals surface area contributed by atoms with Crippen molar-refractivity contribution in [2.75, 3.05) is 40.8 Å². The third kappa shape index (κ3) is 5.61. The third-order valence-corrected chi connectivity index (χ3v) is 6.14. The largest absolute Gasteiger partial charge is 0.356 e. The lowest BCUT2D eigenvalue weighted by Gasteiger charge is -2.33. The number of halogens is 1. The number of aliphatic imine (C=N–C) groups is 1. The quantitative estimate of drug-likeness (QED) is 0.391. The Balaban J connectivity index is 0.00000280. The Kier molecular flexibility index (Phi) is 8.58. The van der Waals surface area contributed by atoms with Crippen molar-refractivity contribution in [2.45, 2.75) is 44.9 Å². The van der Waals surface area contributed by atoms with E-state index < -0.39 is 0 Å². The molecule has 1 aliphatic heterocycles. The van der Waals surface area contributed by atoms with Gasteiger partial charge >= 0.3 is 0 Å². The molecule has 1 saturated heterocycles. The van der Waals surface area contributed by atoms with Gasteiger partial charge in [-0.2, -0.15) is 0 Å². The predicted octanol–water partition coefficient (Wildman–Crippen LogP) is 3.78. The van der Waals surface area contributed by atoms with Gasteiger partial charge in [0.1, 0.15) is 0 Å². The number of amides is 1. The summed E-state index contributed by atoms with van der Waals surface area (Å²) in [7, 11) is 5.45. The van der Waals surface area contributed by atoms with Crippen LogP contribution in [0.25, 0.3) is 0 Å². The fourth-order valence-corrected chi connectivity index (χ4v) is 4.59. The van der Waals surface area contributed by atoms with Crippen molar-refractivity contribution in [2.24, 2.45) is 10.4 Å². The van der Waals surface area contributed by atoms with E-state index in [0.717, 1.165) is 37.6 Å². The minimum Gasteiger partial charge on any atom is -0.356 e. The molecular formula is C22H35IN4O. The molecule has 1 heterocycles. The van der Waals surface area contributed by atoms with Gasteiger partial charge in [0.15, 0.2) is 5.96 Å². The number of hydrogen-bond donors (Lipinski definition) is 1. The van der Waals surface area contributed by atoms with Crippen LogP contribution in [-0.4, -0.2) is 62.4 Å². The molecule has 1 amide bonds. The van der Waals surface area contributed by atoms with Crippen molar-refractivity contribution >= 4 is 35.8 Å². The number of nitrogens with zero attached hydrogens (tertiary/aromatic N) is 3. The molecule has 6 heteroatoms. The maximum atomic E-state index is 12.1. The molecule has 1 spiro atoms. The number of likely N-dealkylation sites (tertiary alicyclic amines) is 1. The second-order valence-electron chi connectivity index (χ2n) is 8.36. The Bertz CT molecular complexity index is 683. The molecule has 0 bridgehead atoms. The van der Waals surface area contributed by atoms with Crippen molar-refractivity contribution in [1.82, 2.24) is 15.1 Å². The molecule has 1 N–H and O–H groups in total. The zero-order valence-corrected chi connectivity index (χ0v) is 19.9. The summed E-state index contributed by atoms with van der Waals surface area (Å²) in [6, 6.07) is 7.93. The smallest absolute Gasteiger partial charge is 0.253 e. The fourth-order valence-electron chi connectivity index (χ4n) is 4.59. The SMILES string of the molecule is CN=C(NCCc1cccc(C(=O)N(C)C)c1)N1CCC2(CCCCC2)C1.I.